The van der Waals surface area contributed by atoms with Crippen LogP contribution in [0.2, 0.25) is 5.02 Å². The third-order valence-corrected chi connectivity index (χ3v) is 3.67. The highest BCUT2D eigenvalue weighted by Gasteiger charge is 2.12. The highest BCUT2D eigenvalue weighted by molar-refractivity contribution is 7.71. The van der Waals surface area contributed by atoms with Crippen LogP contribution in [-0.2, 0) is 6.54 Å². The van der Waals surface area contributed by atoms with Crippen molar-refractivity contribution >= 4 is 35.2 Å². The SMILES string of the molecule is CCCn1c(-c2sccc2Cl)n[nH]c1=S. The van der Waals surface area contributed by atoms with Gasteiger partial charge >= 0.3 is 0 Å². The lowest BCUT2D eigenvalue weighted by atomic mass is 10.4. The molecule has 0 aliphatic rings. The molecule has 15 heavy (non-hydrogen) atoms. The summed E-state index contributed by atoms with van der Waals surface area (Å²) in [6.07, 6.45) is 1.02. The molecule has 2 rings (SSSR count). The minimum absolute atomic E-state index is 0.649. The van der Waals surface area contributed by atoms with Crippen LogP contribution >= 0.6 is 35.2 Å². The van der Waals surface area contributed by atoms with Gasteiger partial charge in [-0.3, -0.25) is 9.67 Å². The molecule has 0 aliphatic heterocycles. The molecule has 1 N–H and O–H groups in total. The first-order chi connectivity index (χ1) is 7.24. The number of hydrogen-bond donors (Lipinski definition) is 1. The van der Waals surface area contributed by atoms with Crippen LogP contribution in [0.3, 0.4) is 0 Å². The minimum atomic E-state index is 0.649. The summed E-state index contributed by atoms with van der Waals surface area (Å²) in [5, 5.41) is 9.69. The largest absolute Gasteiger partial charge is 0.299 e. The van der Waals surface area contributed by atoms with Crippen LogP contribution in [-0.4, -0.2) is 14.8 Å². The Kier molecular flexibility index (Phi) is 3.23. The van der Waals surface area contributed by atoms with E-state index in [0.717, 1.165) is 28.7 Å². The molecule has 0 radical (unpaired) electrons. The van der Waals surface area contributed by atoms with Gasteiger partial charge in [0, 0.05) is 6.54 Å². The highest BCUT2D eigenvalue weighted by Crippen LogP contribution is 2.31. The molecule has 2 heterocycles. The maximum atomic E-state index is 6.06. The number of halogens is 1. The number of rotatable bonds is 3. The van der Waals surface area contributed by atoms with Crippen molar-refractivity contribution in [1.29, 1.82) is 0 Å². The monoisotopic (exact) mass is 259 g/mol. The van der Waals surface area contributed by atoms with Crippen molar-refractivity contribution in [2.75, 3.05) is 0 Å². The van der Waals surface area contributed by atoms with Gasteiger partial charge in [0.1, 0.15) is 0 Å². The van der Waals surface area contributed by atoms with Crippen molar-refractivity contribution < 1.29 is 0 Å². The smallest absolute Gasteiger partial charge is 0.195 e. The van der Waals surface area contributed by atoms with Gasteiger partial charge in [0.05, 0.1) is 9.90 Å². The van der Waals surface area contributed by atoms with E-state index in [9.17, 15) is 0 Å². The van der Waals surface area contributed by atoms with E-state index >= 15 is 0 Å². The topological polar surface area (TPSA) is 33.6 Å². The number of thiophene rings is 1. The quantitative estimate of drug-likeness (QED) is 0.852. The molecule has 0 aromatic carbocycles. The van der Waals surface area contributed by atoms with E-state index in [-0.39, 0.29) is 0 Å². The summed E-state index contributed by atoms with van der Waals surface area (Å²) < 4.78 is 2.63. The van der Waals surface area contributed by atoms with Gasteiger partial charge in [-0.05, 0) is 30.1 Å². The van der Waals surface area contributed by atoms with Crippen LogP contribution in [0.1, 0.15) is 13.3 Å². The Bertz CT molecular complexity index is 511. The lowest BCUT2D eigenvalue weighted by Gasteiger charge is -2.02. The maximum absolute atomic E-state index is 6.06. The molecule has 2 aromatic rings. The lowest BCUT2D eigenvalue weighted by molar-refractivity contribution is 0.675. The average Bonchev–Trinajstić information content (AvgIpc) is 2.76. The highest BCUT2D eigenvalue weighted by atomic mass is 35.5. The van der Waals surface area contributed by atoms with E-state index in [1.54, 1.807) is 11.3 Å². The van der Waals surface area contributed by atoms with Crippen molar-refractivity contribution in [3.8, 4) is 10.7 Å². The van der Waals surface area contributed by atoms with Gasteiger partial charge in [0.15, 0.2) is 10.6 Å². The Morgan fingerprint density at radius 2 is 2.47 bits per heavy atom. The summed E-state index contributed by atoms with van der Waals surface area (Å²) >= 11 is 12.8. The van der Waals surface area contributed by atoms with Crippen molar-refractivity contribution in [2.45, 2.75) is 19.9 Å². The molecule has 80 valence electrons. The fourth-order valence-electron chi connectivity index (χ4n) is 1.38. The molecule has 0 bridgehead atoms. The van der Waals surface area contributed by atoms with Crippen LogP contribution in [0.25, 0.3) is 10.7 Å². The fraction of sp³-hybridized carbons (Fsp3) is 0.333. The summed E-state index contributed by atoms with van der Waals surface area (Å²) in [5.74, 6) is 0.835. The average molecular weight is 260 g/mol. The molecule has 0 saturated heterocycles. The second-order valence-corrected chi connectivity index (χ2v) is 4.81. The van der Waals surface area contributed by atoms with E-state index in [4.69, 9.17) is 23.8 Å². The van der Waals surface area contributed by atoms with Gasteiger partial charge in [0.25, 0.3) is 0 Å². The summed E-state index contributed by atoms with van der Waals surface area (Å²) in [6.45, 7) is 2.97. The summed E-state index contributed by atoms with van der Waals surface area (Å²) in [5.41, 5.74) is 0. The van der Waals surface area contributed by atoms with Gasteiger partial charge in [-0.25, -0.2) is 0 Å². The predicted octanol–water partition coefficient (Wildman–Crippen LogP) is 3.73. The summed E-state index contributed by atoms with van der Waals surface area (Å²) in [6, 6.07) is 1.87. The van der Waals surface area contributed by atoms with Gasteiger partial charge in [-0.15, -0.1) is 11.3 Å². The maximum Gasteiger partial charge on any atom is 0.195 e. The number of H-pyrrole nitrogens is 1. The third-order valence-electron chi connectivity index (χ3n) is 2.03. The van der Waals surface area contributed by atoms with Gasteiger partial charge < -0.3 is 0 Å². The molecule has 0 aliphatic carbocycles. The minimum Gasteiger partial charge on any atom is -0.299 e. The van der Waals surface area contributed by atoms with Crippen LogP contribution < -0.4 is 0 Å². The standard InChI is InChI=1S/C9H10ClN3S2/c1-2-4-13-8(11-12-9(13)14)7-6(10)3-5-15-7/h3,5H,2,4H2,1H3,(H,12,14). The summed E-state index contributed by atoms with van der Waals surface area (Å²) in [7, 11) is 0. The predicted molar refractivity (Wildman–Crippen MR) is 66.0 cm³/mol. The van der Waals surface area contributed by atoms with Crippen molar-refractivity contribution in [1.82, 2.24) is 14.8 Å². The lowest BCUT2D eigenvalue weighted by Crippen LogP contribution is -1.99. The molecule has 6 heteroatoms. The Morgan fingerprint density at radius 1 is 1.67 bits per heavy atom. The first-order valence-electron chi connectivity index (χ1n) is 4.62. The van der Waals surface area contributed by atoms with Crippen molar-refractivity contribution in [3.63, 3.8) is 0 Å². The van der Waals surface area contributed by atoms with E-state index in [0.29, 0.717) is 4.77 Å². The van der Waals surface area contributed by atoms with Gasteiger partial charge in [-0.1, -0.05) is 18.5 Å². The van der Waals surface area contributed by atoms with Crippen LogP contribution in [0.5, 0.6) is 0 Å². The number of aromatic nitrogens is 3. The van der Waals surface area contributed by atoms with Crippen LogP contribution in [0.15, 0.2) is 11.4 Å². The van der Waals surface area contributed by atoms with Crippen molar-refractivity contribution in [3.05, 3.63) is 21.2 Å². The molecule has 0 unspecified atom stereocenters. The Labute approximate surface area is 102 Å². The normalized spacial score (nSPS) is 10.8. The Balaban J connectivity index is 2.54. The number of aromatic amines is 1. The number of nitrogens with zero attached hydrogens (tertiary/aromatic N) is 2. The van der Waals surface area contributed by atoms with E-state index in [1.807, 2.05) is 16.0 Å². The first kappa shape index (κ1) is 10.9. The van der Waals surface area contributed by atoms with Crippen LogP contribution in [0, 0.1) is 4.77 Å². The van der Waals surface area contributed by atoms with Gasteiger partial charge in [0.2, 0.25) is 0 Å². The molecular formula is C9H10ClN3S2. The molecule has 0 fully saturated rings. The number of hydrogen-bond acceptors (Lipinski definition) is 3. The van der Waals surface area contributed by atoms with Crippen LogP contribution in [0.4, 0.5) is 0 Å². The number of nitrogens with one attached hydrogen (secondary N) is 1. The zero-order valence-electron chi connectivity index (χ0n) is 8.16. The Morgan fingerprint density at radius 3 is 3.07 bits per heavy atom. The molecule has 3 nitrogen and oxygen atoms in total. The second-order valence-electron chi connectivity index (χ2n) is 3.10. The van der Waals surface area contributed by atoms with Gasteiger partial charge in [-0.2, -0.15) is 5.10 Å². The molecule has 0 amide bonds. The van der Waals surface area contributed by atoms with E-state index < -0.39 is 0 Å². The Hall–Kier alpha value is -0.650. The van der Waals surface area contributed by atoms with E-state index in [2.05, 4.69) is 17.1 Å². The van der Waals surface area contributed by atoms with E-state index in [1.165, 1.54) is 0 Å². The molecule has 0 saturated carbocycles. The molecular weight excluding hydrogens is 250 g/mol. The fourth-order valence-corrected chi connectivity index (χ4v) is 2.74. The molecule has 0 atom stereocenters. The van der Waals surface area contributed by atoms with Crippen molar-refractivity contribution in [2.24, 2.45) is 0 Å². The molecule has 2 aromatic heterocycles. The zero-order valence-corrected chi connectivity index (χ0v) is 10.5. The third kappa shape index (κ3) is 2.00. The summed E-state index contributed by atoms with van der Waals surface area (Å²) in [4.78, 5) is 0.970. The second kappa shape index (κ2) is 4.47. The first-order valence-corrected chi connectivity index (χ1v) is 6.29. The zero-order chi connectivity index (χ0) is 10.8. The molecule has 0 spiro atoms.